The molecule has 17 heavy (non-hydrogen) atoms. The van der Waals surface area contributed by atoms with E-state index in [9.17, 15) is 0 Å². The van der Waals surface area contributed by atoms with Gasteiger partial charge in [0.25, 0.3) is 0 Å². The van der Waals surface area contributed by atoms with Crippen LogP contribution in [-0.4, -0.2) is 24.5 Å². The first-order chi connectivity index (χ1) is 8.11. The number of hydrogen-bond donors (Lipinski definition) is 1. The molecule has 1 fully saturated rings. The second-order valence-electron chi connectivity index (χ2n) is 5.91. The Kier molecular flexibility index (Phi) is 3.85. The van der Waals surface area contributed by atoms with E-state index in [0.29, 0.717) is 12.0 Å². The van der Waals surface area contributed by atoms with Gasteiger partial charge in [-0.1, -0.05) is 38.1 Å². The van der Waals surface area contributed by atoms with Crippen molar-refractivity contribution in [1.29, 1.82) is 0 Å². The predicted octanol–water partition coefficient (Wildman–Crippen LogP) is 2.42. The lowest BCUT2D eigenvalue weighted by Crippen LogP contribution is -2.25. The summed E-state index contributed by atoms with van der Waals surface area (Å²) >= 11 is 0. The molecule has 1 saturated heterocycles. The third kappa shape index (κ3) is 3.30. The van der Waals surface area contributed by atoms with Crippen molar-refractivity contribution in [2.24, 2.45) is 11.1 Å². The van der Waals surface area contributed by atoms with Crippen molar-refractivity contribution < 1.29 is 0 Å². The Morgan fingerprint density at radius 1 is 1.24 bits per heavy atom. The molecule has 2 nitrogen and oxygen atoms in total. The summed E-state index contributed by atoms with van der Waals surface area (Å²) in [4.78, 5) is 2.58. The zero-order valence-corrected chi connectivity index (χ0v) is 11.1. The molecular formula is C15H24N2. The van der Waals surface area contributed by atoms with Gasteiger partial charge in [0, 0.05) is 19.6 Å². The van der Waals surface area contributed by atoms with Gasteiger partial charge in [0.05, 0.1) is 0 Å². The van der Waals surface area contributed by atoms with Crippen LogP contribution in [0.15, 0.2) is 24.3 Å². The molecule has 1 aromatic carbocycles. The van der Waals surface area contributed by atoms with E-state index in [1.54, 1.807) is 0 Å². The largest absolute Gasteiger partial charge is 0.326 e. The monoisotopic (exact) mass is 232 g/mol. The minimum absolute atomic E-state index is 0.507. The van der Waals surface area contributed by atoms with E-state index >= 15 is 0 Å². The number of nitrogens with two attached hydrogens (primary N) is 1. The van der Waals surface area contributed by atoms with E-state index in [-0.39, 0.29) is 0 Å². The standard InChI is InChI=1S/C15H24N2/c1-15(2)8-10-17(12-15)9-7-13-5-3-4-6-14(13)11-16/h3-6H,7-12,16H2,1-2H3. The number of rotatable bonds is 4. The van der Waals surface area contributed by atoms with Crippen molar-refractivity contribution in [3.63, 3.8) is 0 Å². The highest BCUT2D eigenvalue weighted by molar-refractivity contribution is 5.27. The molecule has 1 heterocycles. The summed E-state index contributed by atoms with van der Waals surface area (Å²) in [7, 11) is 0. The molecule has 2 rings (SSSR count). The van der Waals surface area contributed by atoms with Crippen LogP contribution in [0.25, 0.3) is 0 Å². The quantitative estimate of drug-likeness (QED) is 0.864. The minimum atomic E-state index is 0.507. The van der Waals surface area contributed by atoms with E-state index < -0.39 is 0 Å². The van der Waals surface area contributed by atoms with Crippen LogP contribution in [0.5, 0.6) is 0 Å². The van der Waals surface area contributed by atoms with E-state index in [4.69, 9.17) is 5.73 Å². The average Bonchev–Trinajstić information content (AvgIpc) is 2.67. The van der Waals surface area contributed by atoms with Crippen LogP contribution >= 0.6 is 0 Å². The Hall–Kier alpha value is -0.860. The van der Waals surface area contributed by atoms with Crippen molar-refractivity contribution in [2.75, 3.05) is 19.6 Å². The van der Waals surface area contributed by atoms with Crippen LogP contribution in [0.3, 0.4) is 0 Å². The second kappa shape index (κ2) is 5.19. The molecule has 0 aliphatic carbocycles. The van der Waals surface area contributed by atoms with Crippen LogP contribution in [0.4, 0.5) is 0 Å². The summed E-state index contributed by atoms with van der Waals surface area (Å²) in [6, 6.07) is 8.54. The van der Waals surface area contributed by atoms with Crippen molar-refractivity contribution in [3.8, 4) is 0 Å². The summed E-state index contributed by atoms with van der Waals surface area (Å²) in [5, 5.41) is 0. The van der Waals surface area contributed by atoms with Gasteiger partial charge in [0.2, 0.25) is 0 Å². The van der Waals surface area contributed by atoms with Crippen molar-refractivity contribution in [1.82, 2.24) is 4.90 Å². The average molecular weight is 232 g/mol. The fourth-order valence-electron chi connectivity index (χ4n) is 2.69. The molecule has 0 unspecified atom stereocenters. The second-order valence-corrected chi connectivity index (χ2v) is 5.91. The third-order valence-corrected chi connectivity index (χ3v) is 3.79. The molecule has 1 aromatic rings. The van der Waals surface area contributed by atoms with Gasteiger partial charge < -0.3 is 10.6 Å². The van der Waals surface area contributed by atoms with Crippen molar-refractivity contribution >= 4 is 0 Å². The molecule has 0 bridgehead atoms. The number of hydrogen-bond acceptors (Lipinski definition) is 2. The maximum absolute atomic E-state index is 5.76. The molecule has 2 heteroatoms. The molecule has 0 spiro atoms. The number of likely N-dealkylation sites (tertiary alicyclic amines) is 1. The molecule has 1 aliphatic rings. The first-order valence-electron chi connectivity index (χ1n) is 6.60. The predicted molar refractivity (Wildman–Crippen MR) is 72.9 cm³/mol. The lowest BCUT2D eigenvalue weighted by Gasteiger charge is -2.20. The van der Waals surface area contributed by atoms with Gasteiger partial charge in [-0.05, 0) is 35.9 Å². The Bertz CT molecular complexity index is 371. The fraction of sp³-hybridized carbons (Fsp3) is 0.600. The van der Waals surface area contributed by atoms with E-state index in [1.807, 2.05) is 0 Å². The summed E-state index contributed by atoms with van der Waals surface area (Å²) < 4.78 is 0. The van der Waals surface area contributed by atoms with Crippen molar-refractivity contribution in [3.05, 3.63) is 35.4 Å². The lowest BCUT2D eigenvalue weighted by atomic mass is 9.93. The van der Waals surface area contributed by atoms with Gasteiger partial charge >= 0.3 is 0 Å². The van der Waals surface area contributed by atoms with Gasteiger partial charge in [-0.3, -0.25) is 0 Å². The summed E-state index contributed by atoms with van der Waals surface area (Å²) in [6.07, 6.45) is 2.45. The highest BCUT2D eigenvalue weighted by Gasteiger charge is 2.28. The Labute approximate surface area is 105 Å². The zero-order valence-electron chi connectivity index (χ0n) is 11.1. The smallest absolute Gasteiger partial charge is 0.0180 e. The lowest BCUT2D eigenvalue weighted by molar-refractivity contribution is 0.294. The topological polar surface area (TPSA) is 29.3 Å². The highest BCUT2D eigenvalue weighted by Crippen LogP contribution is 2.28. The molecule has 2 N–H and O–H groups in total. The molecule has 94 valence electrons. The van der Waals surface area contributed by atoms with Crippen LogP contribution in [0, 0.1) is 5.41 Å². The molecule has 0 aromatic heterocycles. The molecule has 0 radical (unpaired) electrons. The van der Waals surface area contributed by atoms with Crippen LogP contribution in [-0.2, 0) is 13.0 Å². The first kappa shape index (κ1) is 12.6. The summed E-state index contributed by atoms with van der Waals surface area (Å²) in [6.45, 7) is 9.03. The Morgan fingerprint density at radius 3 is 2.53 bits per heavy atom. The van der Waals surface area contributed by atoms with Gasteiger partial charge in [-0.25, -0.2) is 0 Å². The summed E-state index contributed by atoms with van der Waals surface area (Å²) in [5.41, 5.74) is 8.98. The van der Waals surface area contributed by atoms with E-state index in [0.717, 1.165) is 6.42 Å². The number of nitrogens with zero attached hydrogens (tertiary/aromatic N) is 1. The Balaban J connectivity index is 1.90. The first-order valence-corrected chi connectivity index (χ1v) is 6.60. The minimum Gasteiger partial charge on any atom is -0.326 e. The van der Waals surface area contributed by atoms with Crippen LogP contribution in [0.2, 0.25) is 0 Å². The molecule has 0 saturated carbocycles. The van der Waals surface area contributed by atoms with Gasteiger partial charge in [0.1, 0.15) is 0 Å². The highest BCUT2D eigenvalue weighted by atomic mass is 15.1. The van der Waals surface area contributed by atoms with E-state index in [1.165, 1.54) is 37.2 Å². The zero-order chi connectivity index (χ0) is 12.3. The maximum atomic E-state index is 5.76. The third-order valence-electron chi connectivity index (χ3n) is 3.79. The number of benzene rings is 1. The molecule has 1 aliphatic heterocycles. The molecule has 0 amide bonds. The van der Waals surface area contributed by atoms with E-state index in [2.05, 4.69) is 43.0 Å². The van der Waals surface area contributed by atoms with Crippen LogP contribution in [0.1, 0.15) is 31.4 Å². The maximum Gasteiger partial charge on any atom is 0.0180 e. The fourth-order valence-corrected chi connectivity index (χ4v) is 2.69. The molecule has 0 atom stereocenters. The van der Waals surface area contributed by atoms with Gasteiger partial charge in [-0.2, -0.15) is 0 Å². The van der Waals surface area contributed by atoms with Crippen molar-refractivity contribution in [2.45, 2.75) is 33.2 Å². The summed E-state index contributed by atoms with van der Waals surface area (Å²) in [5.74, 6) is 0. The van der Waals surface area contributed by atoms with Crippen LogP contribution < -0.4 is 5.73 Å². The van der Waals surface area contributed by atoms with Gasteiger partial charge in [-0.15, -0.1) is 0 Å². The molecular weight excluding hydrogens is 208 g/mol. The Morgan fingerprint density at radius 2 is 1.94 bits per heavy atom. The van der Waals surface area contributed by atoms with Gasteiger partial charge in [0.15, 0.2) is 0 Å². The SMILES string of the molecule is CC1(C)CCN(CCc2ccccc2CN)C1. The normalized spacial score (nSPS) is 19.7.